The molecule has 5 atom stereocenters. The minimum atomic E-state index is -1.41. The highest BCUT2D eigenvalue weighted by Gasteiger charge is 2.46. The molecular weight excluding hydrogens is 416 g/mol. The summed E-state index contributed by atoms with van der Waals surface area (Å²) in [4.78, 5) is 25.5. The third-order valence-corrected chi connectivity index (χ3v) is 5.21. The molecule has 9 heteroatoms. The van der Waals surface area contributed by atoms with E-state index in [-0.39, 0.29) is 5.91 Å². The molecule has 9 nitrogen and oxygen atoms in total. The van der Waals surface area contributed by atoms with Gasteiger partial charge in [0.25, 0.3) is 5.91 Å². The molecule has 172 valence electrons. The molecule has 0 spiro atoms. The second-order valence-electron chi connectivity index (χ2n) is 7.83. The number of hydrogen-bond donors (Lipinski definition) is 4. The number of aliphatic hydroxyl groups excluding tert-OH is 3. The maximum Gasteiger partial charge on any atom is 0.253 e. The van der Waals surface area contributed by atoms with Crippen molar-refractivity contribution in [1.82, 2.24) is 10.2 Å². The zero-order valence-corrected chi connectivity index (χ0v) is 18.1. The molecule has 1 heterocycles. The van der Waals surface area contributed by atoms with Gasteiger partial charge in [-0.1, -0.05) is 30.3 Å². The van der Waals surface area contributed by atoms with Crippen molar-refractivity contribution in [1.29, 1.82) is 0 Å². The first-order chi connectivity index (χ1) is 15.2. The smallest absolute Gasteiger partial charge is 0.253 e. The zero-order chi connectivity index (χ0) is 23.4. The van der Waals surface area contributed by atoms with Gasteiger partial charge in [0.2, 0.25) is 12.2 Å². The molecule has 1 fully saturated rings. The van der Waals surface area contributed by atoms with Crippen LogP contribution < -0.4 is 10.1 Å². The average molecular weight is 444 g/mol. The van der Waals surface area contributed by atoms with E-state index < -0.39 is 43.2 Å². The first kappa shape index (κ1) is 23.7. The fraction of sp³-hybridized carbons (Fsp3) is 0.391. The number of benzene rings is 2. The lowest BCUT2D eigenvalue weighted by atomic mass is 9.96. The van der Waals surface area contributed by atoms with Gasteiger partial charge in [0, 0.05) is 32.1 Å². The van der Waals surface area contributed by atoms with Gasteiger partial charge in [-0.05, 0) is 23.8 Å². The molecule has 0 bridgehead atoms. The fourth-order valence-electron chi connectivity index (χ4n) is 3.58. The Hall–Kier alpha value is -2.98. The molecule has 2 aromatic rings. The average Bonchev–Trinajstić information content (AvgIpc) is 2.78. The van der Waals surface area contributed by atoms with Crippen LogP contribution in [-0.4, -0.2) is 83.4 Å². The summed E-state index contributed by atoms with van der Waals surface area (Å²) in [6.07, 6.45) is -5.08. The van der Waals surface area contributed by atoms with E-state index in [0.29, 0.717) is 16.9 Å². The molecule has 2 aromatic carbocycles. The Bertz CT molecular complexity index is 965. The molecule has 1 aliphatic rings. The van der Waals surface area contributed by atoms with Crippen molar-refractivity contribution in [3.8, 4) is 16.9 Å². The normalized spacial score (nSPS) is 25.1. The van der Waals surface area contributed by atoms with E-state index >= 15 is 0 Å². The molecule has 4 N–H and O–H groups in total. The van der Waals surface area contributed by atoms with E-state index in [1.54, 1.807) is 50.5 Å². The summed E-state index contributed by atoms with van der Waals surface area (Å²) >= 11 is 0. The number of carbonyl (C=O) groups is 2. The molecule has 0 aromatic heterocycles. The lowest BCUT2D eigenvalue weighted by Crippen LogP contribution is -2.65. The molecule has 2 amide bonds. The predicted molar refractivity (Wildman–Crippen MR) is 116 cm³/mol. The van der Waals surface area contributed by atoms with E-state index in [2.05, 4.69) is 5.32 Å². The maximum absolute atomic E-state index is 12.4. The summed E-state index contributed by atoms with van der Waals surface area (Å²) in [5, 5.41) is 32.7. The number of para-hydroxylation sites is 1. The van der Waals surface area contributed by atoms with Gasteiger partial charge in [-0.25, -0.2) is 0 Å². The minimum absolute atomic E-state index is 0.144. The van der Waals surface area contributed by atoms with Crippen molar-refractivity contribution in [3.63, 3.8) is 0 Å². The Morgan fingerprint density at radius 3 is 2.47 bits per heavy atom. The van der Waals surface area contributed by atoms with Crippen molar-refractivity contribution in [2.45, 2.75) is 37.6 Å². The van der Waals surface area contributed by atoms with E-state index in [0.717, 1.165) is 5.56 Å². The minimum Gasteiger partial charge on any atom is -0.462 e. The molecule has 0 saturated carbocycles. The second-order valence-corrected chi connectivity index (χ2v) is 7.83. The molecule has 3 rings (SSSR count). The van der Waals surface area contributed by atoms with Crippen LogP contribution in [0.15, 0.2) is 48.5 Å². The standard InChI is InChI=1S/C23H28N2O7/c1-13(27)24-19-21(29)20(28)18(12-26)32-23(19)31-17-10-5-4-9-16(17)14-7-6-8-15(11-14)22(30)25(2)3/h4-11,18-21,23,26,28-29H,12H2,1-3H3,(H,24,27). The first-order valence-electron chi connectivity index (χ1n) is 10.2. The topological polar surface area (TPSA) is 129 Å². The Balaban J connectivity index is 1.95. The van der Waals surface area contributed by atoms with E-state index in [4.69, 9.17) is 9.47 Å². The van der Waals surface area contributed by atoms with Crippen molar-refractivity contribution >= 4 is 11.8 Å². The molecule has 0 radical (unpaired) electrons. The Morgan fingerprint density at radius 1 is 1.09 bits per heavy atom. The van der Waals surface area contributed by atoms with E-state index in [1.165, 1.54) is 11.8 Å². The summed E-state index contributed by atoms with van der Waals surface area (Å²) in [6, 6.07) is 13.0. The summed E-state index contributed by atoms with van der Waals surface area (Å²) in [7, 11) is 3.35. The number of nitrogens with one attached hydrogen (secondary N) is 1. The number of carbonyl (C=O) groups excluding carboxylic acids is 2. The van der Waals surface area contributed by atoms with Crippen LogP contribution in [0.4, 0.5) is 0 Å². The fourth-order valence-corrected chi connectivity index (χ4v) is 3.58. The van der Waals surface area contributed by atoms with Crippen LogP contribution >= 0.6 is 0 Å². The van der Waals surface area contributed by atoms with Crippen LogP contribution in [0.1, 0.15) is 17.3 Å². The molecule has 1 aliphatic heterocycles. The van der Waals surface area contributed by atoms with Gasteiger partial charge in [-0.3, -0.25) is 9.59 Å². The van der Waals surface area contributed by atoms with Crippen LogP contribution in [0.5, 0.6) is 5.75 Å². The molecule has 32 heavy (non-hydrogen) atoms. The van der Waals surface area contributed by atoms with E-state index in [9.17, 15) is 24.9 Å². The summed E-state index contributed by atoms with van der Waals surface area (Å²) in [5.74, 6) is -0.207. The third kappa shape index (κ3) is 5.08. The van der Waals surface area contributed by atoms with Gasteiger partial charge < -0.3 is 35.0 Å². The van der Waals surface area contributed by atoms with Crippen LogP contribution in [0.25, 0.3) is 11.1 Å². The lowest BCUT2D eigenvalue weighted by molar-refractivity contribution is -0.244. The SMILES string of the molecule is CC(=O)NC1C(Oc2ccccc2-c2cccc(C(=O)N(C)C)c2)OC(CO)C(O)C1O. The molecule has 1 saturated heterocycles. The van der Waals surface area contributed by atoms with Crippen molar-refractivity contribution in [2.24, 2.45) is 0 Å². The third-order valence-electron chi connectivity index (χ3n) is 5.21. The van der Waals surface area contributed by atoms with Crippen LogP contribution in [0.2, 0.25) is 0 Å². The maximum atomic E-state index is 12.4. The van der Waals surface area contributed by atoms with Gasteiger partial charge in [0.15, 0.2) is 0 Å². The first-order valence-corrected chi connectivity index (χ1v) is 10.2. The molecular formula is C23H28N2O7. The summed E-state index contributed by atoms with van der Waals surface area (Å²) < 4.78 is 11.7. The summed E-state index contributed by atoms with van der Waals surface area (Å²) in [5.41, 5.74) is 1.89. The van der Waals surface area contributed by atoms with Gasteiger partial charge >= 0.3 is 0 Å². The van der Waals surface area contributed by atoms with E-state index in [1.807, 2.05) is 12.1 Å². The van der Waals surface area contributed by atoms with Crippen molar-refractivity contribution in [2.75, 3.05) is 20.7 Å². The number of aliphatic hydroxyl groups is 3. The van der Waals surface area contributed by atoms with Crippen molar-refractivity contribution in [3.05, 3.63) is 54.1 Å². The van der Waals surface area contributed by atoms with Gasteiger partial charge in [-0.15, -0.1) is 0 Å². The van der Waals surface area contributed by atoms with Gasteiger partial charge in [0.05, 0.1) is 6.61 Å². The predicted octanol–water partition coefficient (Wildman–Crippen LogP) is 0.378. The number of ether oxygens (including phenoxy) is 2. The lowest BCUT2D eigenvalue weighted by Gasteiger charge is -2.42. The Morgan fingerprint density at radius 2 is 1.81 bits per heavy atom. The number of nitrogens with zero attached hydrogens (tertiary/aromatic N) is 1. The monoisotopic (exact) mass is 444 g/mol. The Kier molecular flexibility index (Phi) is 7.47. The van der Waals surface area contributed by atoms with Gasteiger partial charge in [0.1, 0.15) is 30.1 Å². The van der Waals surface area contributed by atoms with Crippen molar-refractivity contribution < 1.29 is 34.4 Å². The highest BCUT2D eigenvalue weighted by molar-refractivity contribution is 5.95. The zero-order valence-electron chi connectivity index (χ0n) is 18.1. The van der Waals surface area contributed by atoms with Crippen LogP contribution in [0, 0.1) is 0 Å². The second kappa shape index (κ2) is 10.1. The molecule has 5 unspecified atom stereocenters. The quantitative estimate of drug-likeness (QED) is 0.507. The number of amides is 2. The van der Waals surface area contributed by atoms with Crippen LogP contribution in [-0.2, 0) is 9.53 Å². The highest BCUT2D eigenvalue weighted by Crippen LogP contribution is 2.33. The molecule has 0 aliphatic carbocycles. The largest absolute Gasteiger partial charge is 0.462 e. The summed E-state index contributed by atoms with van der Waals surface area (Å²) in [6.45, 7) is 0.733. The Labute approximate surface area is 186 Å². The number of hydrogen-bond acceptors (Lipinski definition) is 7. The highest BCUT2D eigenvalue weighted by atomic mass is 16.7. The van der Waals surface area contributed by atoms with Crippen LogP contribution in [0.3, 0.4) is 0 Å². The number of rotatable bonds is 6. The van der Waals surface area contributed by atoms with Gasteiger partial charge in [-0.2, -0.15) is 0 Å².